The van der Waals surface area contributed by atoms with E-state index in [4.69, 9.17) is 54.2 Å². The monoisotopic (exact) mass is 678 g/mol. The van der Waals surface area contributed by atoms with Gasteiger partial charge in [0.25, 0.3) is 0 Å². The van der Waals surface area contributed by atoms with Crippen molar-refractivity contribution in [1.82, 2.24) is 9.80 Å². The second-order valence-electron chi connectivity index (χ2n) is 6.00. The molecule has 0 bridgehead atoms. The van der Waals surface area contributed by atoms with E-state index in [1.54, 1.807) is 0 Å². The molecule has 0 atom stereocenters. The molecule has 0 unspecified atom stereocenters. The predicted molar refractivity (Wildman–Crippen MR) is 124 cm³/mol. The van der Waals surface area contributed by atoms with Crippen LogP contribution in [0.3, 0.4) is 0 Å². The fraction of sp³-hybridized carbons (Fsp3) is 0.889. The van der Waals surface area contributed by atoms with E-state index in [-0.39, 0.29) is 0 Å². The third-order valence-electron chi connectivity index (χ3n) is 3.64. The molecule has 0 aromatic rings. The Bertz CT molecular complexity index is 350. The Morgan fingerprint density at radius 1 is 0.667 bits per heavy atom. The van der Waals surface area contributed by atoms with Gasteiger partial charge in [-0.1, -0.05) is 62.0 Å². The molecule has 0 saturated carbocycles. The second-order valence-corrected chi connectivity index (χ2v) is 8.76. The van der Waals surface area contributed by atoms with Gasteiger partial charge in [0.2, 0.25) is 0 Å². The molecule has 0 fully saturated rings. The molecule has 0 aromatic heterocycles. The molecule has 4 nitrogen and oxygen atoms in total. The molecule has 0 amide bonds. The Morgan fingerprint density at radius 3 is 0.963 bits per heavy atom. The molecule has 0 spiro atoms. The van der Waals surface area contributed by atoms with E-state index >= 15 is 0 Å². The third kappa shape index (κ3) is 26.9. The van der Waals surface area contributed by atoms with Crippen LogP contribution in [0.15, 0.2) is 0 Å². The zero-order valence-corrected chi connectivity index (χ0v) is 24.8. The van der Waals surface area contributed by atoms with Gasteiger partial charge in [0, 0.05) is 26.2 Å². The van der Waals surface area contributed by atoms with Crippen molar-refractivity contribution in [3.05, 3.63) is 0 Å². The van der Waals surface area contributed by atoms with Gasteiger partial charge in [-0.05, 0) is 25.7 Å². The van der Waals surface area contributed by atoms with Gasteiger partial charge in [-0.2, -0.15) is 0 Å². The van der Waals surface area contributed by atoms with E-state index in [0.29, 0.717) is 8.64 Å². The SMILES string of the molecule is CCCCN(CCCC)C(=S)[S-].CCCCN(CCCC)C(=S)[S-].[O]=[U+2]=[O]. The fourth-order valence-corrected chi connectivity index (χ4v) is 2.71. The molecule has 0 saturated heterocycles. The topological polar surface area (TPSA) is 40.6 Å². The van der Waals surface area contributed by atoms with Crippen molar-refractivity contribution >= 4 is 58.3 Å². The van der Waals surface area contributed by atoms with Crippen LogP contribution in [0.4, 0.5) is 0 Å². The molecule has 0 aliphatic rings. The standard InChI is InChI=1S/2C9H19NS2.2O.U/c2*1-3-5-7-10(9(11)12)8-6-4-2;;;/h2*3-8H2,1-2H3,(H,11,12);;;/q;;;;+2/p-2. The fourth-order valence-electron chi connectivity index (χ4n) is 1.98. The molecule has 9 heteroatoms. The Hall–Kier alpha value is 0.872. The summed E-state index contributed by atoms with van der Waals surface area (Å²) in [4.78, 5) is 4.27. The first-order chi connectivity index (χ1) is 12.9. The number of nitrogens with zero attached hydrogens (tertiary/aromatic N) is 2. The Morgan fingerprint density at radius 2 is 0.852 bits per heavy atom. The van der Waals surface area contributed by atoms with Crippen LogP contribution in [0, 0.1) is 27.8 Å². The van der Waals surface area contributed by atoms with Crippen molar-refractivity contribution in [2.45, 2.75) is 79.1 Å². The molecule has 0 N–H and O–H groups in total. The van der Waals surface area contributed by atoms with Crippen molar-refractivity contribution in [2.75, 3.05) is 26.2 Å². The maximum absolute atomic E-state index is 8.58. The average Bonchev–Trinajstić information content (AvgIpc) is 2.62. The van der Waals surface area contributed by atoms with Gasteiger partial charge in [0.1, 0.15) is 0 Å². The molecule has 0 aliphatic carbocycles. The minimum absolute atomic E-state index is 0.636. The van der Waals surface area contributed by atoms with Crippen LogP contribution >= 0.6 is 24.4 Å². The summed E-state index contributed by atoms with van der Waals surface area (Å²) >= 11 is 17.4. The summed E-state index contributed by atoms with van der Waals surface area (Å²) in [5.74, 6) is 0. The molecule has 27 heavy (non-hydrogen) atoms. The summed E-state index contributed by atoms with van der Waals surface area (Å²) in [6, 6.07) is 0. The van der Waals surface area contributed by atoms with E-state index < -0.39 is 27.8 Å². The maximum atomic E-state index is 8.58. The summed E-state index contributed by atoms with van der Waals surface area (Å²) in [5.41, 5.74) is 0. The summed E-state index contributed by atoms with van der Waals surface area (Å²) in [7, 11) is 0. The number of hydrogen-bond acceptors (Lipinski definition) is 6. The predicted octanol–water partition coefficient (Wildman–Crippen LogP) is 5.20. The van der Waals surface area contributed by atoms with Gasteiger partial charge >= 0.3 is 32.3 Å². The number of hydrogen-bond donors (Lipinski definition) is 0. The first-order valence-electron chi connectivity index (χ1n) is 9.77. The number of rotatable bonds is 12. The quantitative estimate of drug-likeness (QED) is 0.206. The van der Waals surface area contributed by atoms with E-state index in [1.807, 2.05) is 0 Å². The zero-order chi connectivity index (χ0) is 21.5. The van der Waals surface area contributed by atoms with E-state index in [1.165, 1.54) is 51.4 Å². The van der Waals surface area contributed by atoms with Crippen LogP contribution in [0.5, 0.6) is 0 Å². The molecule has 0 heterocycles. The van der Waals surface area contributed by atoms with Gasteiger partial charge < -0.3 is 59.5 Å². The Labute approximate surface area is 204 Å². The van der Waals surface area contributed by atoms with Gasteiger partial charge in [0.15, 0.2) is 0 Å². The Balaban J connectivity index is -0.000000372. The molecule has 0 radical (unpaired) electrons. The second kappa shape index (κ2) is 26.9. The van der Waals surface area contributed by atoms with Gasteiger partial charge in [-0.3, -0.25) is 0 Å². The van der Waals surface area contributed by atoms with Crippen LogP contribution in [0.2, 0.25) is 0 Å². The van der Waals surface area contributed by atoms with Crippen LogP contribution in [0.1, 0.15) is 79.1 Å². The molecular formula is C18H36N2O2S4U. The molecule has 0 aliphatic heterocycles. The van der Waals surface area contributed by atoms with Crippen molar-refractivity contribution < 1.29 is 32.3 Å². The van der Waals surface area contributed by atoms with Gasteiger partial charge in [-0.15, -0.1) is 0 Å². The molecule has 0 aromatic carbocycles. The van der Waals surface area contributed by atoms with E-state index in [2.05, 4.69) is 37.5 Å². The van der Waals surface area contributed by atoms with Crippen molar-refractivity contribution in [3.63, 3.8) is 0 Å². The van der Waals surface area contributed by atoms with Gasteiger partial charge in [-0.25, -0.2) is 0 Å². The van der Waals surface area contributed by atoms with E-state index in [0.717, 1.165) is 26.2 Å². The summed E-state index contributed by atoms with van der Waals surface area (Å²) in [5, 5.41) is 0. The van der Waals surface area contributed by atoms with Gasteiger partial charge in [0.05, 0.1) is 0 Å². The van der Waals surface area contributed by atoms with Crippen LogP contribution in [-0.2, 0) is 29.7 Å². The van der Waals surface area contributed by atoms with Crippen molar-refractivity contribution in [3.8, 4) is 0 Å². The molecule has 158 valence electrons. The first-order valence-corrected chi connectivity index (χ1v) is 14.8. The molecule has 0 rings (SSSR count). The zero-order valence-electron chi connectivity index (χ0n) is 17.3. The third-order valence-corrected chi connectivity index (χ3v) is 4.68. The number of unbranched alkanes of at least 4 members (excludes halogenated alkanes) is 4. The van der Waals surface area contributed by atoms with Crippen LogP contribution in [-0.4, -0.2) is 44.6 Å². The Kier molecular flexibility index (Phi) is 32.4. The average molecular weight is 679 g/mol. The summed E-state index contributed by atoms with van der Waals surface area (Å²) in [6.07, 6.45) is 9.62. The van der Waals surface area contributed by atoms with Crippen LogP contribution in [0.25, 0.3) is 0 Å². The minimum atomic E-state index is -2.51. The van der Waals surface area contributed by atoms with Crippen molar-refractivity contribution in [2.24, 2.45) is 0 Å². The summed E-state index contributed by atoms with van der Waals surface area (Å²) in [6.45, 7) is 12.9. The normalized spacial score (nSPS) is 9.04. The van der Waals surface area contributed by atoms with E-state index in [9.17, 15) is 0 Å². The molecular weight excluding hydrogens is 643 g/mol. The summed E-state index contributed by atoms with van der Waals surface area (Å²) < 4.78 is 18.4. The van der Waals surface area contributed by atoms with Crippen molar-refractivity contribution in [1.29, 1.82) is 0 Å². The number of thiocarbonyl (C=S) groups is 2. The van der Waals surface area contributed by atoms with Crippen LogP contribution < -0.4 is 0 Å². The first kappa shape index (κ1) is 32.5.